The van der Waals surface area contributed by atoms with E-state index in [1.54, 1.807) is 10.9 Å². The van der Waals surface area contributed by atoms with E-state index in [0.29, 0.717) is 5.56 Å². The van der Waals surface area contributed by atoms with Gasteiger partial charge in [0.25, 0.3) is 5.91 Å². The van der Waals surface area contributed by atoms with Crippen molar-refractivity contribution in [3.05, 3.63) is 54.5 Å². The van der Waals surface area contributed by atoms with Crippen LogP contribution in [0.1, 0.15) is 43.0 Å². The highest BCUT2D eigenvalue weighted by Gasteiger charge is 2.28. The third-order valence-electron chi connectivity index (χ3n) is 5.39. The molecule has 1 amide bonds. The number of rotatable bonds is 6. The minimum absolute atomic E-state index is 0.0907. The van der Waals surface area contributed by atoms with Crippen molar-refractivity contribution in [2.24, 2.45) is 0 Å². The van der Waals surface area contributed by atoms with E-state index < -0.39 is 0 Å². The number of likely N-dealkylation sites (tertiary alicyclic amines) is 1. The van der Waals surface area contributed by atoms with Gasteiger partial charge < -0.3 is 4.90 Å². The molecule has 0 bridgehead atoms. The van der Waals surface area contributed by atoms with Crippen LogP contribution < -0.4 is 0 Å². The van der Waals surface area contributed by atoms with Crippen LogP contribution in [0.5, 0.6) is 0 Å². The Morgan fingerprint density at radius 1 is 1.14 bits per heavy atom. The molecule has 3 heterocycles. The van der Waals surface area contributed by atoms with E-state index in [1.165, 1.54) is 0 Å². The third-order valence-corrected chi connectivity index (χ3v) is 5.39. The number of nitrogens with zero attached hydrogens (tertiary/aromatic N) is 6. The molecule has 1 unspecified atom stereocenters. The van der Waals surface area contributed by atoms with Crippen LogP contribution in [-0.2, 0) is 13.1 Å². The Balaban J connectivity index is 1.41. The Labute approximate surface area is 165 Å². The Hall–Kier alpha value is -2.96. The van der Waals surface area contributed by atoms with Crippen LogP contribution in [-0.4, -0.2) is 48.2 Å². The van der Waals surface area contributed by atoms with Crippen molar-refractivity contribution >= 4 is 5.91 Å². The monoisotopic (exact) mass is 378 g/mol. The molecule has 146 valence electrons. The average Bonchev–Trinajstić information content (AvgIpc) is 3.42. The van der Waals surface area contributed by atoms with Gasteiger partial charge in [0, 0.05) is 37.4 Å². The summed E-state index contributed by atoms with van der Waals surface area (Å²) in [6.07, 6.45) is 9.65. The molecule has 3 aromatic rings. The van der Waals surface area contributed by atoms with Gasteiger partial charge in [0.2, 0.25) is 0 Å². The number of carbonyl (C=O) groups is 1. The number of aryl methyl sites for hydroxylation is 2. The van der Waals surface area contributed by atoms with Crippen LogP contribution in [0.25, 0.3) is 11.3 Å². The molecule has 0 N–H and O–H groups in total. The first-order valence-electron chi connectivity index (χ1n) is 10.0. The van der Waals surface area contributed by atoms with Gasteiger partial charge in [-0.1, -0.05) is 35.5 Å². The zero-order valence-electron chi connectivity index (χ0n) is 16.2. The van der Waals surface area contributed by atoms with Gasteiger partial charge in [-0.15, -0.1) is 5.10 Å². The SMILES string of the molecule is CCn1cc(C(=O)N2CCCCC2CCn2cc(-c3ccccc3)nn2)cn1. The molecular weight excluding hydrogens is 352 g/mol. The zero-order valence-corrected chi connectivity index (χ0v) is 16.2. The molecule has 1 aliphatic rings. The Morgan fingerprint density at radius 2 is 2.00 bits per heavy atom. The van der Waals surface area contributed by atoms with Crippen molar-refractivity contribution in [1.82, 2.24) is 29.7 Å². The summed E-state index contributed by atoms with van der Waals surface area (Å²) in [6, 6.07) is 10.3. The Morgan fingerprint density at radius 3 is 2.79 bits per heavy atom. The second-order valence-corrected chi connectivity index (χ2v) is 7.25. The van der Waals surface area contributed by atoms with Gasteiger partial charge in [0.15, 0.2) is 0 Å². The molecule has 1 saturated heterocycles. The van der Waals surface area contributed by atoms with Gasteiger partial charge >= 0.3 is 0 Å². The summed E-state index contributed by atoms with van der Waals surface area (Å²) in [5.41, 5.74) is 2.63. The first-order valence-corrected chi connectivity index (χ1v) is 10.0. The molecule has 0 spiro atoms. The highest BCUT2D eigenvalue weighted by atomic mass is 16.2. The molecule has 1 atom stereocenters. The van der Waals surface area contributed by atoms with Gasteiger partial charge in [-0.25, -0.2) is 0 Å². The number of benzene rings is 1. The fraction of sp³-hybridized carbons (Fsp3) is 0.429. The number of hydrogen-bond donors (Lipinski definition) is 0. The lowest BCUT2D eigenvalue weighted by molar-refractivity contribution is 0.0593. The van der Waals surface area contributed by atoms with E-state index in [2.05, 4.69) is 15.4 Å². The smallest absolute Gasteiger partial charge is 0.257 e. The molecule has 28 heavy (non-hydrogen) atoms. The second kappa shape index (κ2) is 8.37. The fourth-order valence-corrected chi connectivity index (χ4v) is 3.81. The molecule has 7 nitrogen and oxygen atoms in total. The lowest BCUT2D eigenvalue weighted by Crippen LogP contribution is -2.44. The largest absolute Gasteiger partial charge is 0.335 e. The van der Waals surface area contributed by atoms with Gasteiger partial charge in [0.1, 0.15) is 5.69 Å². The van der Waals surface area contributed by atoms with Crippen molar-refractivity contribution in [3.8, 4) is 11.3 Å². The van der Waals surface area contributed by atoms with Crippen molar-refractivity contribution in [2.75, 3.05) is 6.54 Å². The fourth-order valence-electron chi connectivity index (χ4n) is 3.81. The van der Waals surface area contributed by atoms with Gasteiger partial charge in [-0.05, 0) is 32.6 Å². The Bertz CT molecular complexity index is 916. The van der Waals surface area contributed by atoms with Crippen molar-refractivity contribution in [2.45, 2.75) is 51.7 Å². The molecule has 0 saturated carbocycles. The van der Waals surface area contributed by atoms with E-state index >= 15 is 0 Å². The Kier molecular flexibility index (Phi) is 5.50. The molecule has 0 aliphatic carbocycles. The molecule has 1 aliphatic heterocycles. The number of carbonyl (C=O) groups excluding carboxylic acids is 1. The maximum Gasteiger partial charge on any atom is 0.257 e. The van der Waals surface area contributed by atoms with Gasteiger partial charge in [0.05, 0.1) is 18.0 Å². The minimum atomic E-state index is 0.0907. The number of hydrogen-bond acceptors (Lipinski definition) is 4. The number of piperidine rings is 1. The first-order chi connectivity index (χ1) is 13.7. The third kappa shape index (κ3) is 3.98. The summed E-state index contributed by atoms with van der Waals surface area (Å²) in [4.78, 5) is 15.0. The number of aromatic nitrogens is 5. The second-order valence-electron chi connectivity index (χ2n) is 7.25. The normalized spacial score (nSPS) is 17.0. The predicted molar refractivity (Wildman–Crippen MR) is 107 cm³/mol. The zero-order chi connectivity index (χ0) is 19.3. The van der Waals surface area contributed by atoms with E-state index in [0.717, 1.165) is 56.6 Å². The highest BCUT2D eigenvalue weighted by molar-refractivity contribution is 5.94. The molecule has 1 aromatic carbocycles. The summed E-state index contributed by atoms with van der Waals surface area (Å²) >= 11 is 0. The van der Waals surface area contributed by atoms with Gasteiger partial charge in [-0.3, -0.25) is 14.2 Å². The summed E-state index contributed by atoms with van der Waals surface area (Å²) in [5.74, 6) is 0.0907. The minimum Gasteiger partial charge on any atom is -0.335 e. The topological polar surface area (TPSA) is 68.8 Å². The first kappa shape index (κ1) is 18.4. The molecular formula is C21H26N6O. The molecule has 2 aromatic heterocycles. The number of amides is 1. The van der Waals surface area contributed by atoms with E-state index in [4.69, 9.17) is 0 Å². The molecule has 7 heteroatoms. The van der Waals surface area contributed by atoms with Crippen LogP contribution in [0.2, 0.25) is 0 Å². The lowest BCUT2D eigenvalue weighted by Gasteiger charge is -2.35. The van der Waals surface area contributed by atoms with Crippen LogP contribution in [0.3, 0.4) is 0 Å². The predicted octanol–water partition coefficient (Wildman–Crippen LogP) is 3.25. The summed E-state index contributed by atoms with van der Waals surface area (Å²) in [7, 11) is 0. The van der Waals surface area contributed by atoms with Crippen LogP contribution in [0.15, 0.2) is 48.9 Å². The molecule has 0 radical (unpaired) electrons. The molecule has 1 fully saturated rings. The van der Waals surface area contributed by atoms with E-state index in [-0.39, 0.29) is 11.9 Å². The quantitative estimate of drug-likeness (QED) is 0.660. The van der Waals surface area contributed by atoms with Crippen molar-refractivity contribution in [1.29, 1.82) is 0 Å². The maximum atomic E-state index is 13.0. The van der Waals surface area contributed by atoms with E-state index in [9.17, 15) is 4.79 Å². The summed E-state index contributed by atoms with van der Waals surface area (Å²) in [5, 5.41) is 12.8. The van der Waals surface area contributed by atoms with Crippen LogP contribution >= 0.6 is 0 Å². The summed E-state index contributed by atoms with van der Waals surface area (Å²) < 4.78 is 3.68. The lowest BCUT2D eigenvalue weighted by atomic mass is 9.98. The van der Waals surface area contributed by atoms with Crippen molar-refractivity contribution < 1.29 is 4.79 Å². The van der Waals surface area contributed by atoms with Crippen LogP contribution in [0.4, 0.5) is 0 Å². The maximum absolute atomic E-state index is 13.0. The van der Waals surface area contributed by atoms with Gasteiger partial charge in [-0.2, -0.15) is 5.10 Å². The van der Waals surface area contributed by atoms with Crippen LogP contribution in [0, 0.1) is 0 Å². The standard InChI is InChI=1S/C21H26N6O/c1-2-25-15-18(14-22-25)21(28)27-12-7-6-10-19(27)11-13-26-16-20(23-24-26)17-8-4-3-5-9-17/h3-5,8-9,14-16,19H,2,6-7,10-13H2,1H3. The highest BCUT2D eigenvalue weighted by Crippen LogP contribution is 2.23. The van der Waals surface area contributed by atoms with E-state index in [1.807, 2.05) is 59.2 Å². The summed E-state index contributed by atoms with van der Waals surface area (Å²) in [6.45, 7) is 4.36. The average molecular weight is 378 g/mol. The molecule has 4 rings (SSSR count). The van der Waals surface area contributed by atoms with Crippen molar-refractivity contribution in [3.63, 3.8) is 0 Å².